The van der Waals surface area contributed by atoms with Crippen molar-refractivity contribution in [2.45, 2.75) is 12.8 Å². The van der Waals surface area contributed by atoms with Gasteiger partial charge in [0.25, 0.3) is 5.91 Å². The number of piperazine rings is 1. The van der Waals surface area contributed by atoms with Gasteiger partial charge in [-0.05, 0) is 12.1 Å². The van der Waals surface area contributed by atoms with Crippen molar-refractivity contribution < 1.29 is 14.4 Å². The van der Waals surface area contributed by atoms with Gasteiger partial charge in [0, 0.05) is 31.6 Å². The topological polar surface area (TPSA) is 82.1 Å². The van der Waals surface area contributed by atoms with Gasteiger partial charge in [0.05, 0.1) is 0 Å². The summed E-state index contributed by atoms with van der Waals surface area (Å²) >= 11 is 0. The van der Waals surface area contributed by atoms with Crippen LogP contribution in [0.25, 0.3) is 0 Å². The molecule has 22 heavy (non-hydrogen) atoms. The molecule has 0 aromatic heterocycles. The monoisotopic (exact) mass is 300 g/mol. The van der Waals surface area contributed by atoms with Crippen molar-refractivity contribution in [1.82, 2.24) is 10.3 Å². The van der Waals surface area contributed by atoms with E-state index in [4.69, 9.17) is 0 Å². The summed E-state index contributed by atoms with van der Waals surface area (Å²) in [5.74, 6) is -0.589. The highest BCUT2D eigenvalue weighted by Gasteiger charge is 2.31. The van der Waals surface area contributed by atoms with Crippen LogP contribution in [-0.2, 0) is 14.4 Å². The highest BCUT2D eigenvalue weighted by Crippen LogP contribution is 2.17. The van der Waals surface area contributed by atoms with Crippen LogP contribution in [-0.4, -0.2) is 48.0 Å². The van der Waals surface area contributed by atoms with Gasteiger partial charge in [0.15, 0.2) is 0 Å². The van der Waals surface area contributed by atoms with Crippen LogP contribution in [0.3, 0.4) is 0 Å². The molecule has 1 N–H and O–H groups in total. The number of carbonyl (C=O) groups excluding carboxylic acids is 3. The fraction of sp³-hybridized carbons (Fsp3) is 0.333. The molecule has 1 aromatic carbocycles. The first-order chi connectivity index (χ1) is 10.6. The van der Waals surface area contributed by atoms with Crippen LogP contribution in [0.4, 0.5) is 5.69 Å². The van der Waals surface area contributed by atoms with E-state index in [9.17, 15) is 14.4 Å². The van der Waals surface area contributed by atoms with Gasteiger partial charge in [-0.25, -0.2) is 5.43 Å². The summed E-state index contributed by atoms with van der Waals surface area (Å²) in [6.45, 7) is 0.932. The average molecular weight is 300 g/mol. The number of amides is 3. The number of nitrogens with one attached hydrogen (secondary N) is 1. The number of rotatable bonds is 2. The molecule has 0 atom stereocenters. The molecule has 7 heteroatoms. The van der Waals surface area contributed by atoms with Crippen molar-refractivity contribution >= 4 is 29.1 Å². The molecule has 0 aliphatic carbocycles. The van der Waals surface area contributed by atoms with E-state index in [1.165, 1.54) is 4.90 Å². The molecule has 3 amide bonds. The minimum atomic E-state index is -0.277. The second kappa shape index (κ2) is 5.97. The van der Waals surface area contributed by atoms with Crippen LogP contribution in [0, 0.1) is 0 Å². The lowest BCUT2D eigenvalue weighted by Crippen LogP contribution is -2.54. The molecule has 0 radical (unpaired) electrons. The standard InChI is InChI=1S/C15H16N4O3/c20-13-7-6-12(16-17-13)15(22)18-8-9-19(14(21)10-18)11-4-2-1-3-5-11/h1-5H,6-10H2,(H,17,20). The Hall–Kier alpha value is -2.70. The lowest BCUT2D eigenvalue weighted by molar-refractivity contribution is -0.132. The van der Waals surface area contributed by atoms with Gasteiger partial charge >= 0.3 is 0 Å². The Labute approximate surface area is 127 Å². The van der Waals surface area contributed by atoms with E-state index >= 15 is 0 Å². The number of hydrogen-bond acceptors (Lipinski definition) is 4. The van der Waals surface area contributed by atoms with Crippen molar-refractivity contribution in [3.05, 3.63) is 30.3 Å². The minimum absolute atomic E-state index is 0.0285. The Bertz CT molecular complexity index is 641. The average Bonchev–Trinajstić information content (AvgIpc) is 2.55. The first kappa shape index (κ1) is 14.2. The van der Waals surface area contributed by atoms with Gasteiger partial charge in [0.2, 0.25) is 11.8 Å². The molecule has 2 aliphatic rings. The van der Waals surface area contributed by atoms with E-state index in [-0.39, 0.29) is 30.7 Å². The zero-order valence-corrected chi connectivity index (χ0v) is 12.0. The zero-order valence-electron chi connectivity index (χ0n) is 12.0. The summed E-state index contributed by atoms with van der Waals surface area (Å²) < 4.78 is 0. The van der Waals surface area contributed by atoms with Gasteiger partial charge < -0.3 is 9.80 Å². The zero-order chi connectivity index (χ0) is 15.5. The first-order valence-electron chi connectivity index (χ1n) is 7.15. The summed E-state index contributed by atoms with van der Waals surface area (Å²) in [5, 5.41) is 3.79. The fourth-order valence-electron chi connectivity index (χ4n) is 2.54. The predicted molar refractivity (Wildman–Crippen MR) is 80.2 cm³/mol. The molecule has 0 unspecified atom stereocenters. The van der Waals surface area contributed by atoms with Gasteiger partial charge in [-0.15, -0.1) is 0 Å². The lowest BCUT2D eigenvalue weighted by atomic mass is 10.1. The van der Waals surface area contributed by atoms with Crippen LogP contribution >= 0.6 is 0 Å². The Kier molecular flexibility index (Phi) is 3.86. The smallest absolute Gasteiger partial charge is 0.270 e. The van der Waals surface area contributed by atoms with Gasteiger partial charge in [0.1, 0.15) is 12.3 Å². The first-order valence-corrected chi connectivity index (χ1v) is 7.15. The molecular weight excluding hydrogens is 284 g/mol. The predicted octanol–water partition coefficient (Wildman–Crippen LogP) is 0.128. The Morgan fingerprint density at radius 2 is 1.86 bits per heavy atom. The third kappa shape index (κ3) is 2.83. The van der Waals surface area contributed by atoms with Crippen molar-refractivity contribution in [2.75, 3.05) is 24.5 Å². The molecule has 0 saturated carbocycles. The normalized spacial score (nSPS) is 18.8. The van der Waals surface area contributed by atoms with E-state index < -0.39 is 0 Å². The maximum absolute atomic E-state index is 12.3. The number of nitrogens with zero attached hydrogens (tertiary/aromatic N) is 3. The summed E-state index contributed by atoms with van der Waals surface area (Å²) in [6, 6.07) is 9.38. The molecule has 2 heterocycles. The van der Waals surface area contributed by atoms with Gasteiger partial charge in [-0.3, -0.25) is 14.4 Å². The molecule has 1 aromatic rings. The summed E-state index contributed by atoms with van der Waals surface area (Å²) in [7, 11) is 0. The molecule has 1 fully saturated rings. The second-order valence-corrected chi connectivity index (χ2v) is 5.20. The van der Waals surface area contributed by atoms with E-state index in [0.29, 0.717) is 25.2 Å². The number of para-hydroxylation sites is 1. The Morgan fingerprint density at radius 3 is 2.50 bits per heavy atom. The van der Waals surface area contributed by atoms with Crippen LogP contribution in [0.5, 0.6) is 0 Å². The Morgan fingerprint density at radius 1 is 1.09 bits per heavy atom. The third-order valence-corrected chi connectivity index (χ3v) is 3.73. The number of carbonyl (C=O) groups is 3. The number of anilines is 1. The highest BCUT2D eigenvalue weighted by atomic mass is 16.2. The molecule has 3 rings (SSSR count). The lowest BCUT2D eigenvalue weighted by Gasteiger charge is -2.34. The van der Waals surface area contributed by atoms with Gasteiger partial charge in [-0.1, -0.05) is 18.2 Å². The largest absolute Gasteiger partial charge is 0.326 e. The second-order valence-electron chi connectivity index (χ2n) is 5.20. The molecule has 2 aliphatic heterocycles. The van der Waals surface area contributed by atoms with Crippen molar-refractivity contribution in [3.8, 4) is 0 Å². The summed E-state index contributed by atoms with van der Waals surface area (Å²) in [5.41, 5.74) is 3.45. The molecule has 0 spiro atoms. The van der Waals surface area contributed by atoms with Crippen molar-refractivity contribution in [2.24, 2.45) is 5.10 Å². The molecular formula is C15H16N4O3. The van der Waals surface area contributed by atoms with E-state index in [0.717, 1.165) is 5.69 Å². The van der Waals surface area contributed by atoms with E-state index in [1.54, 1.807) is 4.90 Å². The Balaban J connectivity index is 1.66. The molecule has 114 valence electrons. The fourth-order valence-corrected chi connectivity index (χ4v) is 2.54. The maximum Gasteiger partial charge on any atom is 0.270 e. The molecule has 7 nitrogen and oxygen atoms in total. The van der Waals surface area contributed by atoms with E-state index in [2.05, 4.69) is 10.5 Å². The summed E-state index contributed by atoms with van der Waals surface area (Å²) in [6.07, 6.45) is 0.570. The van der Waals surface area contributed by atoms with E-state index in [1.807, 2.05) is 30.3 Å². The van der Waals surface area contributed by atoms with Crippen molar-refractivity contribution in [1.29, 1.82) is 0 Å². The molecule has 0 bridgehead atoms. The molecule has 1 saturated heterocycles. The van der Waals surface area contributed by atoms with Crippen LogP contribution in [0.15, 0.2) is 35.4 Å². The SMILES string of the molecule is O=C1CCC(C(=O)N2CCN(c3ccccc3)C(=O)C2)=NN1. The van der Waals surface area contributed by atoms with Crippen LogP contribution < -0.4 is 10.3 Å². The van der Waals surface area contributed by atoms with Crippen molar-refractivity contribution in [3.63, 3.8) is 0 Å². The number of hydrogen-bond donors (Lipinski definition) is 1. The van der Waals surface area contributed by atoms with Gasteiger partial charge in [-0.2, -0.15) is 5.10 Å². The quantitative estimate of drug-likeness (QED) is 0.842. The highest BCUT2D eigenvalue weighted by molar-refractivity contribution is 6.39. The summed E-state index contributed by atoms with van der Waals surface area (Å²) in [4.78, 5) is 38.8. The minimum Gasteiger partial charge on any atom is -0.326 e. The maximum atomic E-state index is 12.3. The third-order valence-electron chi connectivity index (χ3n) is 3.73. The van der Waals surface area contributed by atoms with Crippen LogP contribution in [0.2, 0.25) is 0 Å². The number of hydrazone groups is 1. The van der Waals surface area contributed by atoms with Crippen LogP contribution in [0.1, 0.15) is 12.8 Å². The number of benzene rings is 1.